The van der Waals surface area contributed by atoms with Crippen LogP contribution in [-0.4, -0.2) is 11.2 Å². The second-order valence-corrected chi connectivity index (χ2v) is 1.97. The standard InChI is InChI=1S/C4H9NO2/c6-5(7)4-2-1-3-4/h4-6H,1-3H2. The van der Waals surface area contributed by atoms with Crippen molar-refractivity contribution in [1.29, 1.82) is 0 Å². The van der Waals surface area contributed by atoms with Gasteiger partial charge in [0.15, 0.2) is 0 Å². The molecule has 0 amide bonds. The van der Waals surface area contributed by atoms with Gasteiger partial charge in [0.05, 0.1) is 0 Å². The highest BCUT2D eigenvalue weighted by atomic mass is 16.8. The van der Waals surface area contributed by atoms with E-state index in [1.165, 1.54) is 0 Å². The summed E-state index contributed by atoms with van der Waals surface area (Å²) in [5.41, 5.74) is 0. The molecule has 1 aliphatic carbocycles. The van der Waals surface area contributed by atoms with Crippen LogP contribution in [0.3, 0.4) is 0 Å². The lowest BCUT2D eigenvalue weighted by atomic mass is 9.94. The van der Waals surface area contributed by atoms with Gasteiger partial charge in [-0.1, -0.05) is 0 Å². The molecule has 7 heavy (non-hydrogen) atoms. The minimum atomic E-state index is -0.619. The van der Waals surface area contributed by atoms with Gasteiger partial charge in [-0.3, -0.25) is 0 Å². The number of hydroxylamine groups is 2. The molecule has 3 nitrogen and oxygen atoms in total. The normalized spacial score (nSPS) is 26.6. The summed E-state index contributed by atoms with van der Waals surface area (Å²) in [4.78, 5) is 0. The van der Waals surface area contributed by atoms with Crippen LogP contribution in [0.5, 0.6) is 0 Å². The molecule has 0 spiro atoms. The van der Waals surface area contributed by atoms with Crippen molar-refractivity contribution in [2.24, 2.45) is 0 Å². The van der Waals surface area contributed by atoms with Crippen LogP contribution in [0, 0.1) is 5.21 Å². The van der Waals surface area contributed by atoms with Crippen LogP contribution in [0.25, 0.3) is 0 Å². The van der Waals surface area contributed by atoms with Gasteiger partial charge in [0, 0.05) is 12.8 Å². The van der Waals surface area contributed by atoms with E-state index in [4.69, 9.17) is 5.21 Å². The zero-order chi connectivity index (χ0) is 5.28. The first-order valence-corrected chi connectivity index (χ1v) is 2.53. The van der Waals surface area contributed by atoms with Crippen LogP contribution in [0.1, 0.15) is 19.3 Å². The third-order valence-corrected chi connectivity index (χ3v) is 1.45. The molecular weight excluding hydrogens is 94.0 g/mol. The van der Waals surface area contributed by atoms with E-state index in [-0.39, 0.29) is 6.04 Å². The monoisotopic (exact) mass is 103 g/mol. The van der Waals surface area contributed by atoms with Crippen LogP contribution in [0.2, 0.25) is 0 Å². The molecule has 0 bridgehead atoms. The average molecular weight is 103 g/mol. The fourth-order valence-electron chi connectivity index (χ4n) is 0.655. The van der Waals surface area contributed by atoms with Gasteiger partial charge in [0.25, 0.3) is 0 Å². The molecule has 0 aromatic heterocycles. The molecular formula is C4H9NO2. The smallest absolute Gasteiger partial charge is 0.117 e. The van der Waals surface area contributed by atoms with Crippen molar-refractivity contribution in [3.63, 3.8) is 0 Å². The Kier molecular flexibility index (Phi) is 1.27. The van der Waals surface area contributed by atoms with Gasteiger partial charge < -0.3 is 5.21 Å². The molecule has 3 heteroatoms. The van der Waals surface area contributed by atoms with Crippen LogP contribution in [-0.2, 0) is 0 Å². The molecule has 0 heterocycles. The Balaban J connectivity index is 2.14. The minimum absolute atomic E-state index is 0.000000000000000444. The van der Waals surface area contributed by atoms with Crippen molar-refractivity contribution >= 4 is 0 Å². The maximum atomic E-state index is 9.98. The Morgan fingerprint density at radius 2 is 2.14 bits per heavy atom. The summed E-state index contributed by atoms with van der Waals surface area (Å²) in [7, 11) is 0. The molecule has 1 rings (SSSR count). The summed E-state index contributed by atoms with van der Waals surface area (Å²) in [6, 6.07) is -0.000000000000000444. The molecule has 1 unspecified atom stereocenters. The molecule has 42 valence electrons. The van der Waals surface area contributed by atoms with Crippen molar-refractivity contribution in [3.05, 3.63) is 5.21 Å². The van der Waals surface area contributed by atoms with Gasteiger partial charge in [0.2, 0.25) is 0 Å². The first-order valence-electron chi connectivity index (χ1n) is 2.53. The van der Waals surface area contributed by atoms with Gasteiger partial charge in [-0.15, -0.1) is 0 Å². The van der Waals surface area contributed by atoms with E-state index in [0.29, 0.717) is 0 Å². The Morgan fingerprint density at radius 3 is 2.14 bits per heavy atom. The number of quaternary nitrogens is 1. The predicted molar refractivity (Wildman–Crippen MR) is 23.8 cm³/mol. The van der Waals surface area contributed by atoms with Crippen molar-refractivity contribution < 1.29 is 10.4 Å². The fourth-order valence-corrected chi connectivity index (χ4v) is 0.655. The van der Waals surface area contributed by atoms with Crippen molar-refractivity contribution in [2.45, 2.75) is 25.3 Å². The van der Waals surface area contributed by atoms with Gasteiger partial charge >= 0.3 is 0 Å². The van der Waals surface area contributed by atoms with Crippen LogP contribution in [0.4, 0.5) is 0 Å². The lowest BCUT2D eigenvalue weighted by molar-refractivity contribution is -1.07. The highest BCUT2D eigenvalue weighted by molar-refractivity contribution is 4.65. The first-order chi connectivity index (χ1) is 3.30. The molecule has 0 aromatic rings. The lowest BCUT2D eigenvalue weighted by Crippen LogP contribution is -3.10. The van der Waals surface area contributed by atoms with Crippen molar-refractivity contribution in [2.75, 3.05) is 0 Å². The average Bonchev–Trinajstić information content (AvgIpc) is 1.23. The van der Waals surface area contributed by atoms with E-state index in [2.05, 4.69) is 0 Å². The molecule has 1 atom stereocenters. The lowest BCUT2D eigenvalue weighted by Gasteiger charge is -2.30. The summed E-state index contributed by atoms with van der Waals surface area (Å²) >= 11 is 0. The quantitative estimate of drug-likeness (QED) is 0.431. The van der Waals surface area contributed by atoms with E-state index in [0.717, 1.165) is 19.3 Å². The Labute approximate surface area is 42.1 Å². The number of rotatable bonds is 1. The number of hydrogen-bond acceptors (Lipinski definition) is 2. The highest BCUT2D eigenvalue weighted by Gasteiger charge is 2.22. The summed E-state index contributed by atoms with van der Waals surface area (Å²) in [6.07, 6.45) is 2.90. The van der Waals surface area contributed by atoms with Crippen LogP contribution < -0.4 is 5.23 Å². The zero-order valence-corrected chi connectivity index (χ0v) is 4.05. The number of nitrogens with one attached hydrogen (secondary N) is 1. The molecule has 0 saturated heterocycles. The first kappa shape index (κ1) is 5.03. The van der Waals surface area contributed by atoms with E-state index >= 15 is 0 Å². The fraction of sp³-hybridized carbons (Fsp3) is 1.00. The van der Waals surface area contributed by atoms with Gasteiger partial charge in [0.1, 0.15) is 6.04 Å². The Morgan fingerprint density at radius 1 is 1.57 bits per heavy atom. The zero-order valence-electron chi connectivity index (χ0n) is 4.05. The topological polar surface area (TPSA) is 47.7 Å². The van der Waals surface area contributed by atoms with E-state index in [9.17, 15) is 5.21 Å². The summed E-state index contributed by atoms with van der Waals surface area (Å²) in [5.74, 6) is 0. The van der Waals surface area contributed by atoms with E-state index in [1.807, 2.05) is 0 Å². The molecule has 0 radical (unpaired) electrons. The van der Waals surface area contributed by atoms with Crippen molar-refractivity contribution in [3.8, 4) is 0 Å². The van der Waals surface area contributed by atoms with Gasteiger partial charge in [-0.05, 0) is 6.42 Å². The van der Waals surface area contributed by atoms with Crippen LogP contribution in [0.15, 0.2) is 0 Å². The third kappa shape index (κ3) is 0.907. The minimum Gasteiger partial charge on any atom is -0.600 e. The highest BCUT2D eigenvalue weighted by Crippen LogP contribution is 2.14. The van der Waals surface area contributed by atoms with Crippen LogP contribution >= 0.6 is 0 Å². The maximum Gasteiger partial charge on any atom is 0.117 e. The second kappa shape index (κ2) is 1.78. The molecule has 1 fully saturated rings. The predicted octanol–water partition coefficient (Wildman–Crippen LogP) is -0.689. The molecule has 0 aliphatic heterocycles. The molecule has 2 N–H and O–H groups in total. The Hall–Kier alpha value is -0.120. The second-order valence-electron chi connectivity index (χ2n) is 1.97. The third-order valence-electron chi connectivity index (χ3n) is 1.45. The molecule has 1 saturated carbocycles. The van der Waals surface area contributed by atoms with E-state index < -0.39 is 5.23 Å². The van der Waals surface area contributed by atoms with Gasteiger partial charge in [-0.25, -0.2) is 10.4 Å². The van der Waals surface area contributed by atoms with E-state index in [1.54, 1.807) is 0 Å². The largest absolute Gasteiger partial charge is 0.600 e. The van der Waals surface area contributed by atoms with Gasteiger partial charge in [-0.2, -0.15) is 0 Å². The summed E-state index contributed by atoms with van der Waals surface area (Å²) < 4.78 is 0. The summed E-state index contributed by atoms with van der Waals surface area (Å²) in [5, 5.41) is 17.6. The maximum absolute atomic E-state index is 9.98. The van der Waals surface area contributed by atoms with Crippen molar-refractivity contribution in [1.82, 2.24) is 0 Å². The number of hydrogen-bond donors (Lipinski definition) is 2. The Bertz CT molecular complexity index is 60.7. The SMILES string of the molecule is [O-][NH+](O)C1CCC1. The molecule has 1 aliphatic rings. The summed E-state index contributed by atoms with van der Waals surface area (Å²) in [6.45, 7) is 0. The molecule has 0 aromatic carbocycles.